The summed E-state index contributed by atoms with van der Waals surface area (Å²) in [5, 5.41) is 0. The molecule has 0 N–H and O–H groups in total. The fourth-order valence-electron chi connectivity index (χ4n) is 2.64. The number of unbranched alkanes of at least 4 members (excludes halogenated alkanes) is 10. The molecule has 1 unspecified atom stereocenters. The van der Waals surface area contributed by atoms with Crippen molar-refractivity contribution in [3.63, 3.8) is 0 Å². The zero-order chi connectivity index (χ0) is 17.6. The molecule has 0 saturated heterocycles. The summed E-state index contributed by atoms with van der Waals surface area (Å²) in [7, 11) is 1.00. The minimum atomic E-state index is -3.35. The quantitative estimate of drug-likeness (QED) is 0.121. The third-order valence-electron chi connectivity index (χ3n) is 4.08. The molecule has 0 saturated carbocycles. The van der Waals surface area contributed by atoms with Gasteiger partial charge < -0.3 is 4.74 Å². The Bertz CT molecular complexity index is 299. The van der Waals surface area contributed by atoms with Gasteiger partial charge in [-0.15, -0.1) is 0 Å². The zero-order valence-corrected chi connectivity index (χ0v) is 16.9. The molecule has 0 bridgehead atoms. The number of hydrogen-bond acceptors (Lipinski definition) is 2. The number of halogens is 3. The largest absolute Gasteiger partial charge is 0.465 e. The van der Waals surface area contributed by atoms with Crippen LogP contribution in [-0.2, 0) is 9.53 Å². The van der Waals surface area contributed by atoms with Crippen LogP contribution in [0.4, 0.5) is 8.78 Å². The molecule has 0 spiro atoms. The van der Waals surface area contributed by atoms with E-state index in [1.54, 1.807) is 0 Å². The normalized spacial score (nSPS) is 13.1. The molecule has 0 aromatic carbocycles. The van der Waals surface area contributed by atoms with E-state index in [9.17, 15) is 13.6 Å². The molecule has 23 heavy (non-hydrogen) atoms. The van der Waals surface area contributed by atoms with E-state index < -0.39 is 18.3 Å². The molecule has 0 aliphatic heterocycles. The summed E-state index contributed by atoms with van der Waals surface area (Å²) >= 11 is 2.02. The Labute approximate surface area is 154 Å². The molecule has 0 amide bonds. The molecule has 0 fully saturated rings. The first-order chi connectivity index (χ1) is 10.9. The first-order valence-electron chi connectivity index (χ1n) is 9.04. The summed E-state index contributed by atoms with van der Waals surface area (Å²) in [4.78, 5) is 11.0. The highest BCUT2D eigenvalue weighted by molar-refractivity contribution is 14.1. The molecular weight excluding hydrogens is 413 g/mol. The van der Waals surface area contributed by atoms with Crippen molar-refractivity contribution in [3.05, 3.63) is 0 Å². The van der Waals surface area contributed by atoms with Crippen molar-refractivity contribution in [3.8, 4) is 0 Å². The molecule has 0 rings (SSSR count). The molecule has 0 aromatic rings. The number of alkyl halides is 3. The Morgan fingerprint density at radius 1 is 0.957 bits per heavy atom. The van der Waals surface area contributed by atoms with Gasteiger partial charge in [0.05, 0.1) is 7.11 Å². The van der Waals surface area contributed by atoms with E-state index >= 15 is 0 Å². The maximum Gasteiger partial charge on any atom is 0.376 e. The van der Waals surface area contributed by atoms with Crippen LogP contribution in [0.25, 0.3) is 0 Å². The van der Waals surface area contributed by atoms with Crippen molar-refractivity contribution < 1.29 is 18.3 Å². The lowest BCUT2D eigenvalue weighted by Crippen LogP contribution is -2.32. The van der Waals surface area contributed by atoms with E-state index in [4.69, 9.17) is 0 Å². The Hall–Kier alpha value is 0.0600. The van der Waals surface area contributed by atoms with Gasteiger partial charge in [0.1, 0.15) is 0 Å². The molecular formula is C18H33F2IO2. The summed E-state index contributed by atoms with van der Waals surface area (Å²) in [6.45, 7) is 2.23. The van der Waals surface area contributed by atoms with Crippen molar-refractivity contribution >= 4 is 28.6 Å². The number of carbonyl (C=O) groups excluding carboxylic acids is 1. The summed E-state index contributed by atoms with van der Waals surface area (Å²) in [6, 6.07) is 0. The predicted octanol–water partition coefficient (Wildman–Crippen LogP) is 6.69. The molecule has 5 heteroatoms. The number of methoxy groups -OCH3 is 1. The van der Waals surface area contributed by atoms with E-state index in [0.29, 0.717) is 0 Å². The van der Waals surface area contributed by atoms with E-state index in [1.165, 1.54) is 57.8 Å². The summed E-state index contributed by atoms with van der Waals surface area (Å²) in [6.07, 6.45) is 14.1. The number of rotatable bonds is 15. The lowest BCUT2D eigenvalue weighted by atomic mass is 10.0. The molecule has 0 aliphatic rings. The van der Waals surface area contributed by atoms with Gasteiger partial charge in [-0.05, 0) is 6.42 Å². The first-order valence-corrected chi connectivity index (χ1v) is 10.3. The van der Waals surface area contributed by atoms with Gasteiger partial charge in [-0.25, -0.2) is 4.79 Å². The van der Waals surface area contributed by atoms with Crippen molar-refractivity contribution in [2.24, 2.45) is 0 Å². The van der Waals surface area contributed by atoms with Crippen molar-refractivity contribution in [1.82, 2.24) is 0 Å². The Kier molecular flexibility index (Phi) is 14.4. The van der Waals surface area contributed by atoms with Crippen LogP contribution in [0.15, 0.2) is 0 Å². The number of ether oxygens (including phenoxy) is 1. The van der Waals surface area contributed by atoms with Crippen molar-refractivity contribution in [2.45, 2.75) is 100 Å². The lowest BCUT2D eigenvalue weighted by molar-refractivity contribution is -0.169. The highest BCUT2D eigenvalue weighted by atomic mass is 127. The second-order valence-corrected chi connectivity index (χ2v) is 8.08. The maximum absolute atomic E-state index is 13.4. The van der Waals surface area contributed by atoms with Crippen LogP contribution in [0.1, 0.15) is 90.4 Å². The third-order valence-corrected chi connectivity index (χ3v) is 5.15. The first kappa shape index (κ1) is 23.1. The van der Waals surface area contributed by atoms with E-state index in [-0.39, 0.29) is 3.92 Å². The average Bonchev–Trinajstić information content (AvgIpc) is 2.51. The fourth-order valence-corrected chi connectivity index (χ4v) is 3.64. The molecule has 0 heterocycles. The minimum absolute atomic E-state index is 0.180. The smallest absolute Gasteiger partial charge is 0.376 e. The third kappa shape index (κ3) is 13.1. The van der Waals surface area contributed by atoms with Crippen molar-refractivity contribution in [1.29, 1.82) is 0 Å². The topological polar surface area (TPSA) is 26.3 Å². The zero-order valence-electron chi connectivity index (χ0n) is 14.7. The van der Waals surface area contributed by atoms with Crippen LogP contribution in [0.3, 0.4) is 0 Å². The molecule has 0 aromatic heterocycles. The molecule has 1 atom stereocenters. The van der Waals surface area contributed by atoms with E-state index in [2.05, 4.69) is 11.7 Å². The van der Waals surface area contributed by atoms with Gasteiger partial charge in [-0.1, -0.05) is 100 Å². The van der Waals surface area contributed by atoms with Gasteiger partial charge in [-0.2, -0.15) is 8.78 Å². The fraction of sp³-hybridized carbons (Fsp3) is 0.944. The van der Waals surface area contributed by atoms with Gasteiger partial charge in [0.25, 0.3) is 0 Å². The SMILES string of the molecule is CCCCCCCCCCCCCC(I)CC(F)(F)C(=O)OC. The minimum Gasteiger partial charge on any atom is -0.465 e. The molecule has 138 valence electrons. The van der Waals surface area contributed by atoms with Crippen LogP contribution < -0.4 is 0 Å². The van der Waals surface area contributed by atoms with Crippen LogP contribution in [0.5, 0.6) is 0 Å². The second kappa shape index (κ2) is 14.4. The molecule has 0 radical (unpaired) electrons. The van der Waals surface area contributed by atoms with Crippen LogP contribution in [-0.4, -0.2) is 22.9 Å². The standard InChI is InChI=1S/C18H33F2IO2/c1-3-4-5-6-7-8-9-10-11-12-13-14-16(21)15-18(19,20)17(22)23-2/h16H,3-15H2,1-2H3. The Morgan fingerprint density at radius 3 is 1.83 bits per heavy atom. The molecule has 0 aliphatic carbocycles. The maximum atomic E-state index is 13.4. The highest BCUT2D eigenvalue weighted by Gasteiger charge is 2.41. The van der Waals surface area contributed by atoms with Crippen LogP contribution in [0, 0.1) is 0 Å². The summed E-state index contributed by atoms with van der Waals surface area (Å²) in [5.41, 5.74) is 0. The predicted molar refractivity (Wildman–Crippen MR) is 100 cm³/mol. The van der Waals surface area contributed by atoms with Crippen molar-refractivity contribution in [2.75, 3.05) is 7.11 Å². The second-order valence-electron chi connectivity index (χ2n) is 6.32. The van der Waals surface area contributed by atoms with E-state index in [1.807, 2.05) is 22.6 Å². The highest BCUT2D eigenvalue weighted by Crippen LogP contribution is 2.28. The Balaban J connectivity index is 3.46. The summed E-state index contributed by atoms with van der Waals surface area (Å²) in [5.74, 6) is -4.77. The number of esters is 1. The van der Waals surface area contributed by atoms with Crippen LogP contribution >= 0.6 is 22.6 Å². The summed E-state index contributed by atoms with van der Waals surface area (Å²) < 4.78 is 30.8. The monoisotopic (exact) mass is 446 g/mol. The van der Waals surface area contributed by atoms with Gasteiger partial charge >= 0.3 is 11.9 Å². The molecule has 2 nitrogen and oxygen atoms in total. The van der Waals surface area contributed by atoms with Gasteiger partial charge in [0, 0.05) is 10.3 Å². The number of carbonyl (C=O) groups is 1. The van der Waals surface area contributed by atoms with Gasteiger partial charge in [-0.3, -0.25) is 0 Å². The lowest BCUT2D eigenvalue weighted by Gasteiger charge is -2.17. The average molecular weight is 446 g/mol. The van der Waals surface area contributed by atoms with E-state index in [0.717, 1.165) is 26.4 Å². The number of hydrogen-bond donors (Lipinski definition) is 0. The Morgan fingerprint density at radius 2 is 1.39 bits per heavy atom. The van der Waals surface area contributed by atoms with Crippen LogP contribution in [0.2, 0.25) is 0 Å². The van der Waals surface area contributed by atoms with Gasteiger partial charge in [0.15, 0.2) is 0 Å². The van der Waals surface area contributed by atoms with Gasteiger partial charge in [0.2, 0.25) is 0 Å².